The van der Waals surface area contributed by atoms with Crippen molar-refractivity contribution in [3.05, 3.63) is 111 Å². The number of ether oxygens (including phenoxy) is 5. The van der Waals surface area contributed by atoms with E-state index in [9.17, 15) is 34.5 Å². The number of hydrogen-bond acceptors (Lipinski definition) is 18. The summed E-state index contributed by atoms with van der Waals surface area (Å²) < 4.78 is 27.8. The fourth-order valence-electron chi connectivity index (χ4n) is 8.12. The number of carbonyl (C=O) groups excluding carboxylic acids is 2. The molecule has 2 fully saturated rings. The Bertz CT molecular complexity index is 2510. The Kier molecular flexibility index (Phi) is 16.5. The van der Waals surface area contributed by atoms with Crippen molar-refractivity contribution in [3.63, 3.8) is 0 Å². The van der Waals surface area contributed by atoms with Gasteiger partial charge in [0.25, 0.3) is 5.91 Å². The standard InChI is InChI=1S/C21H27NO4.C16H17N3O4S.C8H12N4O5/c1-22-9-8-15-12-20(25-4)21(26-5)13-16(15)17(22)10-14-6-7-18(23-2)19(11-14)24-3;1-8-7-24-15-11(14(21)19(15)12(8)16(22)23)18-13(20)10(17)9-5-3-2-4-6-9;9-7-10-2-12(8(16)11-7)6-5(15)4(14)3(1-13)17-6/h6-7,11-13,17H,8-10H2,1-5H3;2-6,10-11,15H,7,17H2,1H3,(H,18,20)(H,22,23);2-6,13-15H,1H2,(H2,9,11,16)/t17-;10-,11-,15-;3-,4-,5+,6-/m011/s1. The quantitative estimate of drug-likeness (QED) is 0.0965. The maximum absolute atomic E-state index is 12.3. The molecule has 360 valence electrons. The molecule has 4 aliphatic rings. The number of methoxy groups -OCH3 is 4. The molecule has 3 aromatic carbocycles. The number of anilines is 1. The van der Waals surface area contributed by atoms with Crippen LogP contribution in [0, 0.1) is 0 Å². The van der Waals surface area contributed by atoms with E-state index in [0.717, 1.165) is 53.3 Å². The minimum Gasteiger partial charge on any atom is -0.493 e. The Hall–Kier alpha value is -6.27. The molecule has 21 nitrogen and oxygen atoms in total. The summed E-state index contributed by atoms with van der Waals surface area (Å²) in [6, 6.07) is 17.9. The molecular formula is C45H56N8O13S. The highest BCUT2D eigenvalue weighted by Crippen LogP contribution is 2.41. The number of fused-ring (bicyclic) bond motifs is 2. The average molecular weight is 949 g/mol. The molecule has 8 atom stereocenters. The normalized spacial score (nSPS) is 23.5. The molecule has 4 aliphatic heterocycles. The summed E-state index contributed by atoms with van der Waals surface area (Å²) in [6.45, 7) is 2.23. The Labute approximate surface area is 390 Å². The molecule has 9 N–H and O–H groups in total. The Morgan fingerprint density at radius 2 is 1.61 bits per heavy atom. The number of thioether (sulfide) groups is 1. The summed E-state index contributed by atoms with van der Waals surface area (Å²) in [4.78, 5) is 58.0. The van der Waals surface area contributed by atoms with Gasteiger partial charge in [0.15, 0.2) is 29.2 Å². The van der Waals surface area contributed by atoms with E-state index in [4.69, 9.17) is 40.3 Å². The van der Waals surface area contributed by atoms with Gasteiger partial charge in [-0.15, -0.1) is 11.8 Å². The molecule has 0 unspecified atom stereocenters. The second-order valence-corrected chi connectivity index (χ2v) is 17.0. The van der Waals surface area contributed by atoms with Crippen molar-refractivity contribution in [3.8, 4) is 23.0 Å². The molecule has 8 rings (SSSR count). The van der Waals surface area contributed by atoms with Gasteiger partial charge < -0.3 is 60.9 Å². The first-order valence-electron chi connectivity index (χ1n) is 21.0. The van der Waals surface area contributed by atoms with Crippen LogP contribution in [0.1, 0.15) is 47.5 Å². The number of nitrogens with one attached hydrogen (secondary N) is 1. The van der Waals surface area contributed by atoms with Gasteiger partial charge in [0.2, 0.25) is 11.9 Å². The van der Waals surface area contributed by atoms with Crippen LogP contribution in [0.25, 0.3) is 0 Å². The number of aliphatic carboxylic acids is 1. The number of nitrogens with two attached hydrogens (primary N) is 2. The number of nitrogen functional groups attached to an aromatic ring is 1. The SMILES string of the molecule is CC1=C(C(=O)O)N2C(=O)[C@@H](NC(=O)[C@H](N)c3ccccc3)[C@H]2SC1.COc1ccc(C[C@H]2c3cc(OC)c(OC)cc3CCN2C)cc1OC.Nc1ncn([C@@H]2O[C@H](CO)[C@@H](O)[C@@H]2O)c(=O)n1. The molecule has 0 bridgehead atoms. The van der Waals surface area contributed by atoms with Crippen LogP contribution in [-0.2, 0) is 32.0 Å². The number of rotatable bonds is 12. The number of likely N-dealkylation sites (N-methyl/N-ethyl adjacent to an activating group) is 1. The van der Waals surface area contributed by atoms with Crippen molar-refractivity contribution in [1.82, 2.24) is 29.7 Å². The highest BCUT2D eigenvalue weighted by atomic mass is 32.2. The van der Waals surface area contributed by atoms with Crippen molar-refractivity contribution in [2.75, 3.05) is 60.1 Å². The van der Waals surface area contributed by atoms with Gasteiger partial charge in [0.05, 0.1) is 35.0 Å². The zero-order chi connectivity index (χ0) is 48.7. The minimum absolute atomic E-state index is 0.0154. The molecule has 2 amide bonds. The number of β-lactam (4-membered cyclic amide) rings is 1. The van der Waals surface area contributed by atoms with Crippen molar-refractivity contribution >= 4 is 35.5 Å². The van der Waals surface area contributed by atoms with E-state index >= 15 is 0 Å². The first-order chi connectivity index (χ1) is 32.1. The maximum Gasteiger partial charge on any atom is 0.354 e. The van der Waals surface area contributed by atoms with Gasteiger partial charge >= 0.3 is 11.7 Å². The van der Waals surface area contributed by atoms with Gasteiger partial charge in [-0.05, 0) is 78.9 Å². The van der Waals surface area contributed by atoms with Gasteiger partial charge in [0.1, 0.15) is 47.8 Å². The van der Waals surface area contributed by atoms with Gasteiger partial charge in [-0.2, -0.15) is 4.98 Å². The number of aromatic nitrogens is 3. The summed E-state index contributed by atoms with van der Waals surface area (Å²) in [5.41, 5.74) is 15.5. The number of carboxylic acid groups (broad SMARTS) is 1. The number of amides is 2. The third-order valence-corrected chi connectivity index (χ3v) is 13.2. The van der Waals surface area contributed by atoms with Crippen LogP contribution < -0.4 is 41.4 Å². The van der Waals surface area contributed by atoms with Crippen molar-refractivity contribution in [1.29, 1.82) is 0 Å². The molecule has 2 saturated heterocycles. The molecule has 0 aliphatic carbocycles. The maximum atomic E-state index is 12.3. The monoisotopic (exact) mass is 948 g/mol. The lowest BCUT2D eigenvalue weighted by molar-refractivity contribution is -0.150. The van der Waals surface area contributed by atoms with E-state index in [1.54, 1.807) is 59.6 Å². The molecule has 0 saturated carbocycles. The first-order valence-corrected chi connectivity index (χ1v) is 22.1. The number of carboxylic acids is 1. The molecule has 0 spiro atoms. The molecule has 1 aromatic heterocycles. The van der Waals surface area contributed by atoms with Gasteiger partial charge in [-0.1, -0.05) is 36.4 Å². The van der Waals surface area contributed by atoms with Crippen LogP contribution >= 0.6 is 11.8 Å². The van der Waals surface area contributed by atoms with Crippen LogP contribution in [0.15, 0.2) is 83.1 Å². The first kappa shape index (κ1) is 50.1. The average Bonchev–Trinajstić information content (AvgIpc) is 3.62. The zero-order valence-electron chi connectivity index (χ0n) is 37.8. The molecular weight excluding hydrogens is 893 g/mol. The fraction of sp³-hybridized carbons (Fsp3) is 0.422. The highest BCUT2D eigenvalue weighted by molar-refractivity contribution is 8.00. The number of aliphatic hydroxyl groups excluding tert-OH is 3. The lowest BCUT2D eigenvalue weighted by Gasteiger charge is -2.49. The molecule has 67 heavy (non-hydrogen) atoms. The summed E-state index contributed by atoms with van der Waals surface area (Å²) in [6.07, 6.45) is -1.78. The number of hydrogen-bond donors (Lipinski definition) is 7. The second-order valence-electron chi connectivity index (χ2n) is 15.9. The van der Waals surface area contributed by atoms with Crippen LogP contribution in [0.3, 0.4) is 0 Å². The largest absolute Gasteiger partial charge is 0.493 e. The molecule has 5 heterocycles. The third kappa shape index (κ3) is 10.8. The van der Waals surface area contributed by atoms with Crippen LogP contribution in [0.2, 0.25) is 0 Å². The predicted octanol–water partition coefficient (Wildman–Crippen LogP) is 0.770. The summed E-state index contributed by atoms with van der Waals surface area (Å²) in [7, 11) is 8.86. The van der Waals surface area contributed by atoms with Crippen LogP contribution in [0.5, 0.6) is 23.0 Å². The second kappa shape index (κ2) is 22.0. The zero-order valence-corrected chi connectivity index (χ0v) is 38.6. The fourth-order valence-corrected chi connectivity index (χ4v) is 9.41. The smallest absolute Gasteiger partial charge is 0.354 e. The van der Waals surface area contributed by atoms with E-state index in [0.29, 0.717) is 16.9 Å². The topological polar surface area (TPSA) is 297 Å². The number of benzene rings is 3. The third-order valence-electron chi connectivity index (χ3n) is 11.8. The summed E-state index contributed by atoms with van der Waals surface area (Å²) in [5, 5.41) is 39.6. The Balaban J connectivity index is 0.000000169. The van der Waals surface area contributed by atoms with E-state index < -0.39 is 72.1 Å². The van der Waals surface area contributed by atoms with Crippen LogP contribution in [0.4, 0.5) is 5.95 Å². The van der Waals surface area contributed by atoms with E-state index in [1.165, 1.54) is 33.4 Å². The van der Waals surface area contributed by atoms with Gasteiger partial charge in [-0.3, -0.25) is 24.0 Å². The van der Waals surface area contributed by atoms with Gasteiger partial charge in [0, 0.05) is 18.3 Å². The number of carbonyl (C=O) groups is 3. The number of aliphatic hydroxyl groups is 3. The predicted molar refractivity (Wildman–Crippen MR) is 244 cm³/mol. The minimum atomic E-state index is -1.35. The van der Waals surface area contributed by atoms with Crippen molar-refractivity contribution in [2.45, 2.75) is 67.8 Å². The van der Waals surface area contributed by atoms with Crippen molar-refractivity contribution < 1.29 is 58.5 Å². The van der Waals surface area contributed by atoms with E-state index in [-0.39, 0.29) is 17.7 Å². The highest BCUT2D eigenvalue weighted by Gasteiger charge is 2.54. The van der Waals surface area contributed by atoms with E-state index in [2.05, 4.69) is 51.5 Å². The number of nitrogens with zero attached hydrogens (tertiary/aromatic N) is 5. The van der Waals surface area contributed by atoms with Crippen LogP contribution in [-0.4, -0.2) is 147 Å². The van der Waals surface area contributed by atoms with E-state index in [1.807, 2.05) is 12.1 Å². The lowest BCUT2D eigenvalue weighted by Crippen LogP contribution is -2.71. The summed E-state index contributed by atoms with van der Waals surface area (Å²) in [5.74, 6) is 1.39. The molecule has 4 aromatic rings. The summed E-state index contributed by atoms with van der Waals surface area (Å²) >= 11 is 1.43. The Morgan fingerprint density at radius 1 is 0.955 bits per heavy atom. The van der Waals surface area contributed by atoms with Gasteiger partial charge in [-0.25, -0.2) is 14.6 Å². The Morgan fingerprint density at radius 3 is 2.22 bits per heavy atom. The lowest BCUT2D eigenvalue weighted by atomic mass is 9.88. The van der Waals surface area contributed by atoms with Crippen molar-refractivity contribution in [2.24, 2.45) is 5.73 Å². The molecule has 22 heteroatoms. The molecule has 0 radical (unpaired) electrons.